The van der Waals surface area contributed by atoms with Crippen molar-refractivity contribution < 1.29 is 23.1 Å². The van der Waals surface area contributed by atoms with Gasteiger partial charge in [0.2, 0.25) is 15.9 Å². The monoisotopic (exact) mass is 563 g/mol. The number of nitrogens with zero attached hydrogens (tertiary/aromatic N) is 4. The van der Waals surface area contributed by atoms with E-state index in [-0.39, 0.29) is 30.3 Å². The van der Waals surface area contributed by atoms with Gasteiger partial charge in [0.25, 0.3) is 5.56 Å². The summed E-state index contributed by atoms with van der Waals surface area (Å²) in [6.07, 6.45) is 3.06. The van der Waals surface area contributed by atoms with Crippen molar-refractivity contribution in [3.05, 3.63) is 86.6 Å². The van der Waals surface area contributed by atoms with Gasteiger partial charge in [-0.25, -0.2) is 8.42 Å². The molecule has 0 unspecified atom stereocenters. The normalized spacial score (nSPS) is 18.2. The average Bonchev–Trinajstić information content (AvgIpc) is 3.56. The zero-order chi connectivity index (χ0) is 28.4. The molecule has 12 heteroatoms. The van der Waals surface area contributed by atoms with Crippen molar-refractivity contribution in [2.24, 2.45) is 0 Å². The van der Waals surface area contributed by atoms with Crippen molar-refractivity contribution in [1.29, 1.82) is 0 Å². The van der Waals surface area contributed by atoms with Gasteiger partial charge in [-0.3, -0.25) is 19.0 Å². The van der Waals surface area contributed by atoms with Gasteiger partial charge < -0.3 is 9.84 Å². The van der Waals surface area contributed by atoms with Gasteiger partial charge in [0.1, 0.15) is 16.3 Å². The number of aromatic nitrogens is 4. The fourth-order valence-corrected chi connectivity index (χ4v) is 7.06. The molecule has 1 fully saturated rings. The zero-order valence-corrected chi connectivity index (χ0v) is 23.2. The third-order valence-corrected chi connectivity index (χ3v) is 9.78. The van der Waals surface area contributed by atoms with E-state index in [4.69, 9.17) is 4.74 Å². The summed E-state index contributed by atoms with van der Waals surface area (Å²) in [5.41, 5.74) is 3.62. The molecule has 0 saturated heterocycles. The van der Waals surface area contributed by atoms with Crippen LogP contribution in [0.5, 0.6) is 5.88 Å². The molecular formula is C28H29N5O6S. The van der Waals surface area contributed by atoms with Gasteiger partial charge in [0.05, 0.1) is 13.0 Å². The number of hydrogen-bond donors (Lipinski definition) is 2. The summed E-state index contributed by atoms with van der Waals surface area (Å²) in [7, 11) is -3.99. The van der Waals surface area contributed by atoms with Crippen LogP contribution in [0.1, 0.15) is 58.8 Å². The standard InChI is InChI=1S/C28H29N5O6S/c1-16-4-5-19(22(13-25(35)36)21-8-11-33-18(3)30-31-26(33)17(21)2)12-20(16)14-32-15-28(9-10-28)39-27-23(40(32,37)38)6-7-24(34)29-27/h4-8,11-12,22H,9-10,13-15H2,1-3H3,(H,29,34)(H,35,36)/t22-/m0/s1. The molecule has 3 aromatic heterocycles. The third-order valence-electron chi connectivity index (χ3n) is 7.97. The van der Waals surface area contributed by atoms with E-state index in [1.54, 1.807) is 0 Å². The summed E-state index contributed by atoms with van der Waals surface area (Å²) in [6.45, 7) is 5.89. The van der Waals surface area contributed by atoms with Crippen molar-refractivity contribution in [3.8, 4) is 5.88 Å². The number of H-pyrrole nitrogens is 1. The number of fused-ring (bicyclic) bond motifs is 2. The number of carboxylic acids is 1. The predicted octanol–water partition coefficient (Wildman–Crippen LogP) is 3.07. The molecule has 4 aromatic rings. The van der Waals surface area contributed by atoms with Crippen molar-refractivity contribution >= 4 is 21.6 Å². The molecule has 0 amide bonds. The number of sulfonamides is 1. The molecule has 11 nitrogen and oxygen atoms in total. The van der Waals surface area contributed by atoms with Gasteiger partial charge in [0.15, 0.2) is 5.65 Å². The molecule has 1 aliphatic heterocycles. The van der Waals surface area contributed by atoms with Crippen LogP contribution in [-0.4, -0.2) is 55.5 Å². The number of aryl methyl sites for hydroxylation is 3. The molecule has 40 heavy (non-hydrogen) atoms. The molecule has 2 N–H and O–H groups in total. The second kappa shape index (κ2) is 9.27. The lowest BCUT2D eigenvalue weighted by Gasteiger charge is -2.25. The lowest BCUT2D eigenvalue weighted by atomic mass is 9.85. The molecule has 1 spiro atoms. The Labute approximate surface area is 230 Å². The molecule has 1 atom stereocenters. The Bertz CT molecular complexity index is 1840. The van der Waals surface area contributed by atoms with Crippen LogP contribution in [0.15, 0.2) is 52.3 Å². The Morgan fingerprint density at radius 2 is 1.93 bits per heavy atom. The van der Waals surface area contributed by atoms with Crippen molar-refractivity contribution in [2.45, 2.75) is 63.0 Å². The molecular weight excluding hydrogens is 534 g/mol. The first-order chi connectivity index (χ1) is 19.0. The van der Waals surface area contributed by atoms with Gasteiger partial charge in [-0.2, -0.15) is 4.31 Å². The fraction of sp³-hybridized carbons (Fsp3) is 0.357. The van der Waals surface area contributed by atoms with E-state index in [0.717, 1.165) is 33.6 Å². The van der Waals surface area contributed by atoms with Gasteiger partial charge in [-0.15, -0.1) is 10.2 Å². The van der Waals surface area contributed by atoms with E-state index >= 15 is 0 Å². The first-order valence-corrected chi connectivity index (χ1v) is 14.5. The van der Waals surface area contributed by atoms with E-state index in [9.17, 15) is 23.1 Å². The SMILES string of the molecule is Cc1ccc([C@H](CC(=O)O)c2ccn3c(C)nnc3c2C)cc1CN1CC2(CC2)Oc2[nH]c(=O)ccc2S1(=O)=O. The van der Waals surface area contributed by atoms with Crippen LogP contribution in [-0.2, 0) is 21.4 Å². The Hall–Kier alpha value is -4.03. The number of nitrogens with one attached hydrogen (secondary N) is 1. The van der Waals surface area contributed by atoms with Crippen molar-refractivity contribution in [3.63, 3.8) is 0 Å². The summed E-state index contributed by atoms with van der Waals surface area (Å²) in [5.74, 6) is -0.714. The first-order valence-electron chi connectivity index (χ1n) is 13.0. The molecule has 1 saturated carbocycles. The molecule has 2 aliphatic rings. The van der Waals surface area contributed by atoms with E-state index in [2.05, 4.69) is 15.2 Å². The van der Waals surface area contributed by atoms with Crippen LogP contribution in [0, 0.1) is 20.8 Å². The minimum Gasteiger partial charge on any atom is -0.481 e. The number of pyridine rings is 2. The number of aromatic amines is 1. The average molecular weight is 564 g/mol. The Morgan fingerprint density at radius 3 is 2.65 bits per heavy atom. The van der Waals surface area contributed by atoms with Gasteiger partial charge in [-0.05, 0) is 73.6 Å². The largest absolute Gasteiger partial charge is 0.481 e. The number of rotatable bonds is 6. The number of carboxylic acid groups (broad SMARTS) is 1. The highest BCUT2D eigenvalue weighted by atomic mass is 32.2. The smallest absolute Gasteiger partial charge is 0.304 e. The maximum Gasteiger partial charge on any atom is 0.304 e. The van der Waals surface area contributed by atoms with Gasteiger partial charge >= 0.3 is 5.97 Å². The highest BCUT2D eigenvalue weighted by Crippen LogP contribution is 2.46. The van der Waals surface area contributed by atoms with Crippen LogP contribution in [0.3, 0.4) is 0 Å². The predicted molar refractivity (Wildman–Crippen MR) is 145 cm³/mol. The second-order valence-electron chi connectivity index (χ2n) is 10.7. The summed E-state index contributed by atoms with van der Waals surface area (Å²) in [6, 6.07) is 10.1. The third kappa shape index (κ3) is 4.46. The van der Waals surface area contributed by atoms with Crippen molar-refractivity contribution in [1.82, 2.24) is 23.9 Å². The minimum absolute atomic E-state index is 0.0194. The van der Waals surface area contributed by atoms with Gasteiger partial charge in [0, 0.05) is 24.7 Å². The Morgan fingerprint density at radius 1 is 1.15 bits per heavy atom. The molecule has 208 valence electrons. The topological polar surface area (TPSA) is 147 Å². The second-order valence-corrected chi connectivity index (χ2v) is 12.7. The summed E-state index contributed by atoms with van der Waals surface area (Å²) < 4.78 is 36.8. The molecule has 1 aliphatic carbocycles. The van der Waals surface area contributed by atoms with E-state index < -0.39 is 33.1 Å². The first kappa shape index (κ1) is 26.2. The zero-order valence-electron chi connectivity index (χ0n) is 22.3. The fourth-order valence-electron chi connectivity index (χ4n) is 5.50. The van der Waals surface area contributed by atoms with E-state index in [1.807, 2.05) is 55.6 Å². The minimum atomic E-state index is -3.99. The quantitative estimate of drug-likeness (QED) is 0.364. The summed E-state index contributed by atoms with van der Waals surface area (Å²) in [4.78, 5) is 26.4. The van der Waals surface area contributed by atoms with Gasteiger partial charge in [-0.1, -0.05) is 18.2 Å². The summed E-state index contributed by atoms with van der Waals surface area (Å²) >= 11 is 0. The Balaban J connectivity index is 1.41. The van der Waals surface area contributed by atoms with E-state index in [0.29, 0.717) is 18.5 Å². The van der Waals surface area contributed by atoms with Crippen LogP contribution in [0.2, 0.25) is 0 Å². The molecule has 0 bridgehead atoms. The highest BCUT2D eigenvalue weighted by Gasteiger charge is 2.52. The molecule has 0 radical (unpaired) electrons. The highest BCUT2D eigenvalue weighted by molar-refractivity contribution is 7.89. The maximum absolute atomic E-state index is 13.8. The lowest BCUT2D eigenvalue weighted by Crippen LogP contribution is -2.38. The Kier molecular flexibility index (Phi) is 6.07. The lowest BCUT2D eigenvalue weighted by molar-refractivity contribution is -0.137. The number of aliphatic carboxylic acids is 1. The van der Waals surface area contributed by atoms with E-state index in [1.165, 1.54) is 16.4 Å². The maximum atomic E-state index is 13.8. The van der Waals surface area contributed by atoms with Crippen LogP contribution < -0.4 is 10.3 Å². The molecule has 6 rings (SSSR count). The molecule has 4 heterocycles. The van der Waals surface area contributed by atoms with Crippen LogP contribution in [0.25, 0.3) is 5.65 Å². The number of benzene rings is 1. The van der Waals surface area contributed by atoms with Crippen LogP contribution >= 0.6 is 0 Å². The number of ether oxygens (including phenoxy) is 1. The van der Waals surface area contributed by atoms with Crippen molar-refractivity contribution in [2.75, 3.05) is 6.54 Å². The molecule has 1 aromatic carbocycles. The number of carbonyl (C=O) groups is 1. The number of hydrogen-bond acceptors (Lipinski definition) is 7. The van der Waals surface area contributed by atoms with Crippen LogP contribution in [0.4, 0.5) is 0 Å². The summed E-state index contributed by atoms with van der Waals surface area (Å²) in [5, 5.41) is 18.2.